The number of hydrogen-bond donors (Lipinski definition) is 1. The van der Waals surface area contributed by atoms with Gasteiger partial charge in [-0.05, 0) is 72.4 Å². The summed E-state index contributed by atoms with van der Waals surface area (Å²) in [6, 6.07) is 12.2. The zero-order valence-electron chi connectivity index (χ0n) is 21.3. The summed E-state index contributed by atoms with van der Waals surface area (Å²) in [6.45, 7) is -0.353. The van der Waals surface area contributed by atoms with Gasteiger partial charge in [-0.3, -0.25) is 9.10 Å². The van der Waals surface area contributed by atoms with Gasteiger partial charge in [0.15, 0.2) is 0 Å². The van der Waals surface area contributed by atoms with E-state index < -0.39 is 33.5 Å². The van der Waals surface area contributed by atoms with Gasteiger partial charge >= 0.3 is 6.18 Å². The van der Waals surface area contributed by atoms with Crippen molar-refractivity contribution in [2.75, 3.05) is 17.6 Å². The number of furan rings is 1. The minimum atomic E-state index is -4.63. The fourth-order valence-corrected chi connectivity index (χ4v) is 6.05. The Labute approximate surface area is 236 Å². The molecule has 0 unspecified atom stereocenters. The third-order valence-corrected chi connectivity index (χ3v) is 8.56. The molecule has 1 heterocycles. The lowest BCUT2D eigenvalue weighted by molar-refractivity contribution is -0.138. The van der Waals surface area contributed by atoms with Gasteiger partial charge in [0, 0.05) is 28.5 Å². The van der Waals surface area contributed by atoms with Crippen LogP contribution in [-0.4, -0.2) is 27.6 Å². The molecule has 0 atom stereocenters. The smallest absolute Gasteiger partial charge is 0.417 e. The quantitative estimate of drug-likeness (QED) is 0.217. The molecule has 12 heteroatoms. The van der Waals surface area contributed by atoms with Crippen molar-refractivity contribution in [3.63, 3.8) is 0 Å². The third kappa shape index (κ3) is 5.46. The number of benzene rings is 3. The van der Waals surface area contributed by atoms with Crippen molar-refractivity contribution in [1.29, 1.82) is 0 Å². The number of carbonyl (C=O) groups is 1. The number of anilines is 1. The fourth-order valence-electron chi connectivity index (χ4n) is 4.68. The van der Waals surface area contributed by atoms with E-state index in [0.29, 0.717) is 16.5 Å². The van der Waals surface area contributed by atoms with Gasteiger partial charge in [0.25, 0.3) is 5.91 Å². The average molecular weight is 639 g/mol. The Bertz CT molecular complexity index is 1730. The summed E-state index contributed by atoms with van der Waals surface area (Å²) >= 11 is 2.92. The number of fused-ring (bicyclic) bond motifs is 1. The Morgan fingerprint density at radius 3 is 2.35 bits per heavy atom. The molecule has 4 aromatic rings. The van der Waals surface area contributed by atoms with E-state index in [1.807, 2.05) is 0 Å². The first-order valence-corrected chi connectivity index (χ1v) is 14.8. The number of hydrogen-bond acceptors (Lipinski definition) is 4. The number of nitrogens with zero attached hydrogens (tertiary/aromatic N) is 1. The van der Waals surface area contributed by atoms with Crippen molar-refractivity contribution < 1.29 is 35.2 Å². The molecule has 1 aliphatic carbocycles. The van der Waals surface area contributed by atoms with Gasteiger partial charge in [0.2, 0.25) is 10.0 Å². The lowest BCUT2D eigenvalue weighted by Gasteiger charge is -2.26. The third-order valence-electron chi connectivity index (χ3n) is 6.75. The zero-order valence-corrected chi connectivity index (χ0v) is 23.7. The van der Waals surface area contributed by atoms with Gasteiger partial charge in [0.1, 0.15) is 17.2 Å². The van der Waals surface area contributed by atoms with Crippen molar-refractivity contribution in [1.82, 2.24) is 5.32 Å². The molecular weight excluding hydrogens is 616 g/mol. The number of carbonyl (C=O) groups excluding carboxylic acids is 1. The van der Waals surface area contributed by atoms with Crippen LogP contribution >= 0.6 is 15.9 Å². The van der Waals surface area contributed by atoms with Crippen molar-refractivity contribution in [2.45, 2.75) is 31.5 Å². The molecule has 5 rings (SSSR count). The molecule has 1 aromatic heterocycles. The van der Waals surface area contributed by atoms with Crippen molar-refractivity contribution >= 4 is 48.5 Å². The Kier molecular flexibility index (Phi) is 7.20. The monoisotopic (exact) mass is 638 g/mol. The van der Waals surface area contributed by atoms with Gasteiger partial charge in [-0.15, -0.1) is 0 Å². The molecule has 6 nitrogen and oxygen atoms in total. The SMILES string of the molecule is CNC(=O)c1c(-c2ccc(F)cc2)oc2cc(N(Cc3ccc(Br)c(C(F)(F)F)c3)S(C)(=O)=O)c(C3CC3)cc12. The summed E-state index contributed by atoms with van der Waals surface area (Å²) in [5.74, 6) is -0.727. The highest BCUT2D eigenvalue weighted by Gasteiger charge is 2.35. The number of halogens is 5. The molecule has 1 saturated carbocycles. The van der Waals surface area contributed by atoms with Crippen LogP contribution in [0.4, 0.5) is 23.2 Å². The van der Waals surface area contributed by atoms with Crippen molar-refractivity contribution in [3.05, 3.63) is 87.1 Å². The molecule has 0 spiro atoms. The predicted octanol–water partition coefficient (Wildman–Crippen LogP) is 7.22. The van der Waals surface area contributed by atoms with E-state index in [9.17, 15) is 30.8 Å². The lowest BCUT2D eigenvalue weighted by atomic mass is 10.00. The topological polar surface area (TPSA) is 79.6 Å². The molecule has 0 radical (unpaired) electrons. The highest BCUT2D eigenvalue weighted by Crippen LogP contribution is 2.48. The Morgan fingerprint density at radius 1 is 1.10 bits per heavy atom. The highest BCUT2D eigenvalue weighted by atomic mass is 79.9. The molecule has 210 valence electrons. The molecule has 40 heavy (non-hydrogen) atoms. The second-order valence-corrected chi connectivity index (χ2v) is 12.4. The molecule has 3 aromatic carbocycles. The number of nitrogens with one attached hydrogen (secondary N) is 1. The molecule has 0 bridgehead atoms. The van der Waals surface area contributed by atoms with Crippen LogP contribution in [0, 0.1) is 5.82 Å². The summed E-state index contributed by atoms with van der Waals surface area (Å²) in [5.41, 5.74) is 0.991. The first-order valence-electron chi connectivity index (χ1n) is 12.2. The summed E-state index contributed by atoms with van der Waals surface area (Å²) in [5, 5.41) is 3.03. The second-order valence-electron chi connectivity index (χ2n) is 9.66. The lowest BCUT2D eigenvalue weighted by Crippen LogP contribution is -2.30. The van der Waals surface area contributed by atoms with E-state index in [4.69, 9.17) is 4.42 Å². The molecular formula is C28H23BrF4N2O4S. The number of amides is 1. The summed E-state index contributed by atoms with van der Waals surface area (Å²) < 4.78 is 87.3. The second kappa shape index (κ2) is 10.2. The van der Waals surface area contributed by atoms with Crippen LogP contribution < -0.4 is 9.62 Å². The van der Waals surface area contributed by atoms with E-state index in [1.54, 1.807) is 6.07 Å². The van der Waals surface area contributed by atoms with Crippen LogP contribution in [0.3, 0.4) is 0 Å². The van der Waals surface area contributed by atoms with Gasteiger partial charge < -0.3 is 9.73 Å². The van der Waals surface area contributed by atoms with E-state index in [1.165, 1.54) is 49.5 Å². The maximum absolute atomic E-state index is 13.6. The van der Waals surface area contributed by atoms with Crippen LogP contribution in [0.1, 0.15) is 45.8 Å². The number of rotatable bonds is 7. The summed E-state index contributed by atoms with van der Waals surface area (Å²) in [7, 11) is -2.51. The molecule has 1 N–H and O–H groups in total. The first kappa shape index (κ1) is 28.2. The maximum atomic E-state index is 13.6. The molecule has 1 aliphatic rings. The van der Waals surface area contributed by atoms with E-state index >= 15 is 0 Å². The molecule has 1 amide bonds. The number of alkyl halides is 3. The Hall–Kier alpha value is -3.38. The van der Waals surface area contributed by atoms with Gasteiger partial charge in [0.05, 0.1) is 29.6 Å². The maximum Gasteiger partial charge on any atom is 0.417 e. The summed E-state index contributed by atoms with van der Waals surface area (Å²) in [4.78, 5) is 13.0. The van der Waals surface area contributed by atoms with Crippen molar-refractivity contribution in [3.8, 4) is 11.3 Å². The van der Waals surface area contributed by atoms with E-state index in [2.05, 4.69) is 21.2 Å². The van der Waals surface area contributed by atoms with Gasteiger partial charge in [-0.1, -0.05) is 22.0 Å². The predicted molar refractivity (Wildman–Crippen MR) is 147 cm³/mol. The van der Waals surface area contributed by atoms with Gasteiger partial charge in [-0.25, -0.2) is 12.8 Å². The highest BCUT2D eigenvalue weighted by molar-refractivity contribution is 9.10. The van der Waals surface area contributed by atoms with Gasteiger partial charge in [-0.2, -0.15) is 13.2 Å². The molecule has 0 aliphatic heterocycles. The fraction of sp³-hybridized carbons (Fsp3) is 0.250. The largest absolute Gasteiger partial charge is 0.455 e. The Morgan fingerprint density at radius 2 is 1.77 bits per heavy atom. The van der Waals surface area contributed by atoms with Crippen LogP contribution in [0.5, 0.6) is 0 Å². The first-order chi connectivity index (χ1) is 18.8. The van der Waals surface area contributed by atoms with Crippen LogP contribution in [0.15, 0.2) is 63.5 Å². The van der Waals surface area contributed by atoms with Crippen LogP contribution in [-0.2, 0) is 22.7 Å². The standard InChI is InChI=1S/C28H23BrF4N2O4S/c1-34-27(36)25-20-12-19(16-4-5-16)23(13-24(20)39-26(25)17-6-8-18(30)9-7-17)35(40(2,37)38)14-15-3-10-22(29)21(11-15)28(31,32)33/h3,6-13,16H,4-5,14H2,1-2H3,(H,34,36). The van der Waals surface area contributed by atoms with Crippen molar-refractivity contribution in [2.24, 2.45) is 0 Å². The molecule has 1 fully saturated rings. The van der Waals surface area contributed by atoms with E-state index in [0.717, 1.165) is 29.5 Å². The number of sulfonamides is 1. The van der Waals surface area contributed by atoms with Crippen LogP contribution in [0.25, 0.3) is 22.3 Å². The summed E-state index contributed by atoms with van der Waals surface area (Å²) in [6.07, 6.45) is -2.08. The normalized spacial score (nSPS) is 14.0. The van der Waals surface area contributed by atoms with Crippen LogP contribution in [0.2, 0.25) is 0 Å². The molecule has 0 saturated heterocycles. The average Bonchev–Trinajstić information content (AvgIpc) is 3.66. The van der Waals surface area contributed by atoms with E-state index in [-0.39, 0.29) is 45.1 Å². The zero-order chi connectivity index (χ0) is 29.0. The Balaban J connectivity index is 1.70. The minimum Gasteiger partial charge on any atom is -0.455 e. The minimum absolute atomic E-state index is 0.000938.